The Hall–Kier alpha value is -1.49. The molecule has 1 aromatic carbocycles. The van der Waals surface area contributed by atoms with E-state index in [2.05, 4.69) is 5.32 Å². The standard InChI is InChI=1S/C15H21F2NO2/c1-5-9(2)14(15(19)20-4)18-10(3)12-8-11(16)6-7-13(12)17/h6-10,14,18H,5H2,1-4H3. The van der Waals surface area contributed by atoms with Gasteiger partial charge in [-0.3, -0.25) is 10.1 Å². The predicted octanol–water partition coefficient (Wildman–Crippen LogP) is 3.20. The highest BCUT2D eigenvalue weighted by Crippen LogP contribution is 2.21. The monoisotopic (exact) mass is 285 g/mol. The van der Waals surface area contributed by atoms with Gasteiger partial charge in [-0.25, -0.2) is 8.78 Å². The van der Waals surface area contributed by atoms with Crippen molar-refractivity contribution in [2.75, 3.05) is 7.11 Å². The van der Waals surface area contributed by atoms with Gasteiger partial charge in [0.25, 0.3) is 0 Å². The van der Waals surface area contributed by atoms with Gasteiger partial charge in [-0.2, -0.15) is 0 Å². The molecule has 3 unspecified atom stereocenters. The van der Waals surface area contributed by atoms with Crippen molar-refractivity contribution < 1.29 is 18.3 Å². The molecule has 1 N–H and O–H groups in total. The molecule has 0 aromatic heterocycles. The third-order valence-electron chi connectivity index (χ3n) is 3.52. The van der Waals surface area contributed by atoms with E-state index in [9.17, 15) is 13.6 Å². The molecule has 0 heterocycles. The van der Waals surface area contributed by atoms with Gasteiger partial charge in [-0.1, -0.05) is 20.3 Å². The molecule has 0 amide bonds. The van der Waals surface area contributed by atoms with E-state index >= 15 is 0 Å². The van der Waals surface area contributed by atoms with Crippen LogP contribution in [-0.4, -0.2) is 19.1 Å². The van der Waals surface area contributed by atoms with Crippen molar-refractivity contribution in [3.05, 3.63) is 35.4 Å². The molecule has 0 fully saturated rings. The molecule has 1 rings (SSSR count). The van der Waals surface area contributed by atoms with E-state index in [0.717, 1.165) is 24.6 Å². The van der Waals surface area contributed by atoms with E-state index in [1.807, 2.05) is 13.8 Å². The Labute approximate surface area is 118 Å². The quantitative estimate of drug-likeness (QED) is 0.816. The molecule has 0 saturated heterocycles. The topological polar surface area (TPSA) is 38.3 Å². The van der Waals surface area contributed by atoms with Crippen molar-refractivity contribution in [3.63, 3.8) is 0 Å². The molecule has 0 radical (unpaired) electrons. The SMILES string of the molecule is CCC(C)C(NC(C)c1cc(F)ccc1F)C(=O)OC. The van der Waals surface area contributed by atoms with Crippen molar-refractivity contribution >= 4 is 5.97 Å². The Bertz CT molecular complexity index is 465. The number of carbonyl (C=O) groups is 1. The number of hydrogen-bond donors (Lipinski definition) is 1. The van der Waals surface area contributed by atoms with Crippen LogP contribution < -0.4 is 5.32 Å². The first-order chi connectivity index (χ1) is 9.40. The van der Waals surface area contributed by atoms with Crippen LogP contribution in [0.15, 0.2) is 18.2 Å². The molecule has 0 bridgehead atoms. The summed E-state index contributed by atoms with van der Waals surface area (Å²) in [5, 5.41) is 3.02. The summed E-state index contributed by atoms with van der Waals surface area (Å²) < 4.78 is 31.7. The molecule has 3 atom stereocenters. The molecular weight excluding hydrogens is 264 g/mol. The van der Waals surface area contributed by atoms with Crippen LogP contribution in [0.5, 0.6) is 0 Å². The van der Waals surface area contributed by atoms with Crippen LogP contribution in [0.2, 0.25) is 0 Å². The summed E-state index contributed by atoms with van der Waals surface area (Å²) in [5.41, 5.74) is 0.196. The molecule has 0 aliphatic carbocycles. The lowest BCUT2D eigenvalue weighted by Crippen LogP contribution is -2.43. The van der Waals surface area contributed by atoms with Crippen molar-refractivity contribution in [1.29, 1.82) is 0 Å². The summed E-state index contributed by atoms with van der Waals surface area (Å²) in [6, 6.07) is 2.24. The van der Waals surface area contributed by atoms with Crippen LogP contribution in [0.3, 0.4) is 0 Å². The van der Waals surface area contributed by atoms with Gasteiger partial charge >= 0.3 is 5.97 Å². The Kier molecular flexibility index (Phi) is 6.07. The van der Waals surface area contributed by atoms with Crippen LogP contribution in [0.1, 0.15) is 38.8 Å². The smallest absolute Gasteiger partial charge is 0.323 e. The lowest BCUT2D eigenvalue weighted by molar-refractivity contribution is -0.144. The zero-order valence-electron chi connectivity index (χ0n) is 12.2. The van der Waals surface area contributed by atoms with E-state index < -0.39 is 29.7 Å². The van der Waals surface area contributed by atoms with E-state index in [4.69, 9.17) is 4.74 Å². The average Bonchev–Trinajstić information content (AvgIpc) is 2.45. The van der Waals surface area contributed by atoms with E-state index in [1.165, 1.54) is 7.11 Å². The summed E-state index contributed by atoms with van der Waals surface area (Å²) in [6.07, 6.45) is 0.769. The molecule has 20 heavy (non-hydrogen) atoms. The Morgan fingerprint density at radius 1 is 1.35 bits per heavy atom. The van der Waals surface area contributed by atoms with Gasteiger partial charge in [0.15, 0.2) is 0 Å². The summed E-state index contributed by atoms with van der Waals surface area (Å²) in [6.45, 7) is 5.55. The molecule has 0 saturated carbocycles. The molecule has 3 nitrogen and oxygen atoms in total. The molecule has 5 heteroatoms. The highest BCUT2D eigenvalue weighted by atomic mass is 19.1. The summed E-state index contributed by atoms with van der Waals surface area (Å²) in [5.74, 6) is -1.38. The lowest BCUT2D eigenvalue weighted by atomic mass is 9.97. The maximum absolute atomic E-state index is 13.7. The minimum Gasteiger partial charge on any atom is -0.468 e. The second-order valence-electron chi connectivity index (χ2n) is 4.94. The number of carbonyl (C=O) groups excluding carboxylic acids is 1. The molecule has 0 aliphatic heterocycles. The normalized spacial score (nSPS) is 15.5. The second-order valence-corrected chi connectivity index (χ2v) is 4.94. The molecule has 0 aliphatic rings. The average molecular weight is 285 g/mol. The number of nitrogens with one attached hydrogen (secondary N) is 1. The van der Waals surface area contributed by atoms with Gasteiger partial charge in [0.1, 0.15) is 17.7 Å². The summed E-state index contributed by atoms with van der Waals surface area (Å²) in [4.78, 5) is 11.8. The summed E-state index contributed by atoms with van der Waals surface area (Å²) in [7, 11) is 1.31. The largest absolute Gasteiger partial charge is 0.468 e. The fourth-order valence-corrected chi connectivity index (χ4v) is 2.03. The Morgan fingerprint density at radius 3 is 2.55 bits per heavy atom. The molecule has 1 aromatic rings. The van der Waals surface area contributed by atoms with Crippen molar-refractivity contribution in [2.45, 2.75) is 39.3 Å². The fourth-order valence-electron chi connectivity index (χ4n) is 2.03. The Balaban J connectivity index is 2.92. The maximum Gasteiger partial charge on any atom is 0.323 e. The van der Waals surface area contributed by atoms with Gasteiger partial charge in [0, 0.05) is 11.6 Å². The van der Waals surface area contributed by atoms with E-state index in [1.54, 1.807) is 6.92 Å². The fraction of sp³-hybridized carbons (Fsp3) is 0.533. The highest BCUT2D eigenvalue weighted by Gasteiger charge is 2.27. The van der Waals surface area contributed by atoms with Crippen molar-refractivity contribution in [1.82, 2.24) is 5.32 Å². The number of methoxy groups -OCH3 is 1. The number of benzene rings is 1. The third-order valence-corrected chi connectivity index (χ3v) is 3.52. The van der Waals surface area contributed by atoms with Gasteiger partial charge in [-0.15, -0.1) is 0 Å². The maximum atomic E-state index is 13.7. The number of esters is 1. The van der Waals surface area contributed by atoms with Gasteiger partial charge in [0.05, 0.1) is 7.11 Å². The first-order valence-corrected chi connectivity index (χ1v) is 6.69. The number of halogens is 2. The van der Waals surface area contributed by atoms with Crippen LogP contribution >= 0.6 is 0 Å². The minimum atomic E-state index is -0.553. The van der Waals surface area contributed by atoms with Crippen LogP contribution in [0.4, 0.5) is 8.78 Å². The number of rotatable bonds is 6. The summed E-state index contributed by atoms with van der Waals surface area (Å²) >= 11 is 0. The van der Waals surface area contributed by atoms with Gasteiger partial charge < -0.3 is 4.74 Å². The zero-order chi connectivity index (χ0) is 15.3. The Morgan fingerprint density at radius 2 is 2.00 bits per heavy atom. The van der Waals surface area contributed by atoms with Crippen LogP contribution in [0, 0.1) is 17.6 Å². The van der Waals surface area contributed by atoms with Gasteiger partial charge in [-0.05, 0) is 31.0 Å². The van der Waals surface area contributed by atoms with Crippen molar-refractivity contribution in [3.8, 4) is 0 Å². The van der Waals surface area contributed by atoms with Crippen LogP contribution in [0.25, 0.3) is 0 Å². The van der Waals surface area contributed by atoms with Gasteiger partial charge in [0.2, 0.25) is 0 Å². The lowest BCUT2D eigenvalue weighted by Gasteiger charge is -2.26. The number of ether oxygens (including phenoxy) is 1. The highest BCUT2D eigenvalue weighted by molar-refractivity contribution is 5.76. The molecule has 0 spiro atoms. The second kappa shape index (κ2) is 7.33. The zero-order valence-corrected chi connectivity index (χ0v) is 12.2. The number of hydrogen-bond acceptors (Lipinski definition) is 3. The van der Waals surface area contributed by atoms with E-state index in [-0.39, 0.29) is 11.5 Å². The van der Waals surface area contributed by atoms with Crippen LogP contribution in [-0.2, 0) is 9.53 Å². The predicted molar refractivity (Wildman–Crippen MR) is 73.2 cm³/mol. The van der Waals surface area contributed by atoms with Crippen molar-refractivity contribution in [2.24, 2.45) is 5.92 Å². The molecular formula is C15H21F2NO2. The third kappa shape index (κ3) is 4.00. The molecule has 112 valence electrons. The minimum absolute atomic E-state index is 0.0292. The first kappa shape index (κ1) is 16.6. The first-order valence-electron chi connectivity index (χ1n) is 6.69. The van der Waals surface area contributed by atoms with E-state index in [0.29, 0.717) is 0 Å².